The van der Waals surface area contributed by atoms with Crippen LogP contribution in [0.1, 0.15) is 32.3 Å². The number of carbonyl (C=O) groups excluding carboxylic acids is 1. The minimum absolute atomic E-state index is 0.191. The molecule has 3 unspecified atom stereocenters. The van der Waals surface area contributed by atoms with Crippen LogP contribution in [0.3, 0.4) is 0 Å². The number of rotatable bonds is 5. The number of nitrogens with zero attached hydrogens (tertiary/aromatic N) is 1. The Morgan fingerprint density at radius 1 is 1.33 bits per heavy atom. The Hall–Kier alpha value is -1.35. The molecule has 0 spiro atoms. The first-order valence-corrected chi connectivity index (χ1v) is 7.83. The van der Waals surface area contributed by atoms with Crippen LogP contribution in [0.15, 0.2) is 24.3 Å². The van der Waals surface area contributed by atoms with Crippen LogP contribution < -0.4 is 4.74 Å². The molecular formula is C18H27NO2. The van der Waals surface area contributed by atoms with E-state index in [9.17, 15) is 4.79 Å². The normalized spacial score (nSPS) is 26.1. The van der Waals surface area contributed by atoms with Crippen molar-refractivity contribution in [1.82, 2.24) is 4.90 Å². The van der Waals surface area contributed by atoms with Gasteiger partial charge in [-0.2, -0.15) is 0 Å². The van der Waals surface area contributed by atoms with Gasteiger partial charge in [-0.15, -0.1) is 0 Å². The van der Waals surface area contributed by atoms with Crippen molar-refractivity contribution in [2.24, 2.45) is 17.8 Å². The first-order chi connectivity index (χ1) is 9.99. The van der Waals surface area contributed by atoms with Crippen LogP contribution in [-0.2, 0) is 11.3 Å². The minimum atomic E-state index is 0.191. The van der Waals surface area contributed by atoms with E-state index in [-0.39, 0.29) is 5.92 Å². The Balaban J connectivity index is 1.94. The second kappa shape index (κ2) is 7.08. The fourth-order valence-corrected chi connectivity index (χ4v) is 3.46. The summed E-state index contributed by atoms with van der Waals surface area (Å²) in [5.41, 5.74) is 1.22. The van der Waals surface area contributed by atoms with Gasteiger partial charge in [0.25, 0.3) is 0 Å². The van der Waals surface area contributed by atoms with Crippen molar-refractivity contribution in [3.63, 3.8) is 0 Å². The lowest BCUT2D eigenvalue weighted by Gasteiger charge is -2.34. The molecule has 1 saturated carbocycles. The largest absolute Gasteiger partial charge is 0.497 e. The average molecular weight is 289 g/mol. The van der Waals surface area contributed by atoms with Gasteiger partial charge in [-0.05, 0) is 43.0 Å². The molecule has 0 radical (unpaired) electrons. The molecule has 116 valence electrons. The number of hydrogen-bond acceptors (Lipinski definition) is 3. The summed E-state index contributed by atoms with van der Waals surface area (Å²) < 4.78 is 5.26. The van der Waals surface area contributed by atoms with Crippen molar-refractivity contribution < 1.29 is 9.53 Å². The molecule has 0 amide bonds. The number of Topliss-reactive ketones (excluding diaryl/α,β-unsaturated/α-hetero) is 1. The molecule has 2 rings (SSSR count). The summed E-state index contributed by atoms with van der Waals surface area (Å²) >= 11 is 0. The van der Waals surface area contributed by atoms with Crippen LogP contribution in [0.25, 0.3) is 0 Å². The monoisotopic (exact) mass is 289 g/mol. The molecule has 1 aliphatic carbocycles. The van der Waals surface area contributed by atoms with Crippen LogP contribution in [0.4, 0.5) is 0 Å². The van der Waals surface area contributed by atoms with Crippen molar-refractivity contribution >= 4 is 5.78 Å². The predicted molar refractivity (Wildman–Crippen MR) is 85.4 cm³/mol. The zero-order valence-corrected chi connectivity index (χ0v) is 13.6. The van der Waals surface area contributed by atoms with Gasteiger partial charge in [-0.1, -0.05) is 26.0 Å². The van der Waals surface area contributed by atoms with E-state index in [1.165, 1.54) is 12.0 Å². The summed E-state index contributed by atoms with van der Waals surface area (Å²) in [5, 5.41) is 0. The van der Waals surface area contributed by atoms with Crippen LogP contribution in [0, 0.1) is 17.8 Å². The highest BCUT2D eigenvalue weighted by atomic mass is 16.5. The topological polar surface area (TPSA) is 29.5 Å². The highest BCUT2D eigenvalue weighted by Gasteiger charge is 2.32. The molecule has 1 aromatic rings. The number of ether oxygens (including phenoxy) is 1. The molecule has 1 aliphatic rings. The van der Waals surface area contributed by atoms with Crippen molar-refractivity contribution in [1.29, 1.82) is 0 Å². The highest BCUT2D eigenvalue weighted by molar-refractivity contribution is 5.82. The lowest BCUT2D eigenvalue weighted by atomic mass is 9.74. The van der Waals surface area contributed by atoms with Gasteiger partial charge < -0.3 is 9.64 Å². The van der Waals surface area contributed by atoms with E-state index in [0.29, 0.717) is 17.6 Å². The minimum Gasteiger partial charge on any atom is -0.497 e. The van der Waals surface area contributed by atoms with E-state index in [4.69, 9.17) is 4.74 Å². The molecule has 1 aromatic carbocycles. The van der Waals surface area contributed by atoms with E-state index in [1.807, 2.05) is 12.1 Å². The van der Waals surface area contributed by atoms with Crippen molar-refractivity contribution in [2.75, 3.05) is 20.7 Å². The second-order valence-corrected chi connectivity index (χ2v) is 6.64. The number of ketones is 1. The van der Waals surface area contributed by atoms with Gasteiger partial charge in [0.2, 0.25) is 0 Å². The molecule has 3 nitrogen and oxygen atoms in total. The molecule has 0 N–H and O–H groups in total. The van der Waals surface area contributed by atoms with Gasteiger partial charge in [0.15, 0.2) is 0 Å². The Bertz CT molecular complexity index is 486. The zero-order valence-electron chi connectivity index (χ0n) is 13.6. The summed E-state index contributed by atoms with van der Waals surface area (Å²) in [6.07, 6.45) is 1.92. The maximum absolute atomic E-state index is 12.3. The van der Waals surface area contributed by atoms with Gasteiger partial charge in [0.1, 0.15) is 11.5 Å². The first kappa shape index (κ1) is 16.0. The summed E-state index contributed by atoms with van der Waals surface area (Å²) in [6.45, 7) is 6.11. The molecule has 0 aromatic heterocycles. The fraction of sp³-hybridized carbons (Fsp3) is 0.611. The number of carbonyl (C=O) groups is 1. The van der Waals surface area contributed by atoms with Crippen molar-refractivity contribution in [3.8, 4) is 5.75 Å². The molecule has 0 aliphatic heterocycles. The van der Waals surface area contributed by atoms with Crippen LogP contribution in [0.5, 0.6) is 5.75 Å². The number of methoxy groups -OCH3 is 1. The molecule has 0 saturated heterocycles. The third kappa shape index (κ3) is 4.31. The molecule has 3 atom stereocenters. The standard InChI is InChI=1S/C18H27NO2/c1-13-8-14(2)17(18(20)9-13)12-19(3)11-15-6-5-7-16(10-15)21-4/h5-7,10,13-14,17H,8-9,11-12H2,1-4H3. The third-order valence-electron chi connectivity index (χ3n) is 4.52. The summed E-state index contributed by atoms with van der Waals surface area (Å²) in [6, 6.07) is 8.13. The maximum atomic E-state index is 12.3. The maximum Gasteiger partial charge on any atom is 0.137 e. The smallest absolute Gasteiger partial charge is 0.137 e. The highest BCUT2D eigenvalue weighted by Crippen LogP contribution is 2.31. The van der Waals surface area contributed by atoms with E-state index < -0.39 is 0 Å². The molecular weight excluding hydrogens is 262 g/mol. The molecule has 21 heavy (non-hydrogen) atoms. The van der Waals surface area contributed by atoms with E-state index in [1.54, 1.807) is 7.11 Å². The van der Waals surface area contributed by atoms with E-state index in [0.717, 1.165) is 25.3 Å². The van der Waals surface area contributed by atoms with Gasteiger partial charge in [0, 0.05) is 25.4 Å². The number of benzene rings is 1. The first-order valence-electron chi connectivity index (χ1n) is 7.83. The Morgan fingerprint density at radius 3 is 2.76 bits per heavy atom. The Kier molecular flexibility index (Phi) is 5.40. The quantitative estimate of drug-likeness (QED) is 0.832. The fourth-order valence-electron chi connectivity index (χ4n) is 3.46. The average Bonchev–Trinajstić information content (AvgIpc) is 2.43. The summed E-state index contributed by atoms with van der Waals surface area (Å²) in [5.74, 6) is 2.56. The van der Waals surface area contributed by atoms with E-state index in [2.05, 4.69) is 37.9 Å². The van der Waals surface area contributed by atoms with Crippen LogP contribution in [0.2, 0.25) is 0 Å². The van der Waals surface area contributed by atoms with Crippen molar-refractivity contribution in [3.05, 3.63) is 29.8 Å². The molecule has 0 bridgehead atoms. The lowest BCUT2D eigenvalue weighted by molar-refractivity contribution is -0.128. The van der Waals surface area contributed by atoms with Gasteiger partial charge in [0.05, 0.1) is 7.11 Å². The summed E-state index contributed by atoms with van der Waals surface area (Å²) in [7, 11) is 3.78. The molecule has 0 heterocycles. The van der Waals surface area contributed by atoms with Crippen molar-refractivity contribution in [2.45, 2.75) is 33.2 Å². The van der Waals surface area contributed by atoms with E-state index >= 15 is 0 Å². The van der Waals surface area contributed by atoms with Gasteiger partial charge in [-0.3, -0.25) is 4.79 Å². The SMILES string of the molecule is COc1cccc(CN(C)CC2C(=O)CC(C)CC2C)c1. The molecule has 3 heteroatoms. The van der Waals surface area contributed by atoms with Crippen LogP contribution >= 0.6 is 0 Å². The number of hydrogen-bond donors (Lipinski definition) is 0. The molecule has 1 fully saturated rings. The third-order valence-corrected chi connectivity index (χ3v) is 4.52. The Morgan fingerprint density at radius 2 is 2.10 bits per heavy atom. The van der Waals surface area contributed by atoms with Crippen LogP contribution in [-0.4, -0.2) is 31.4 Å². The zero-order chi connectivity index (χ0) is 15.4. The summed E-state index contributed by atoms with van der Waals surface area (Å²) in [4.78, 5) is 14.5. The predicted octanol–water partition coefficient (Wildman–Crippen LogP) is 3.38. The Labute approximate surface area is 128 Å². The lowest BCUT2D eigenvalue weighted by Crippen LogP contribution is -2.38. The second-order valence-electron chi connectivity index (χ2n) is 6.64. The van der Waals surface area contributed by atoms with Gasteiger partial charge in [-0.25, -0.2) is 0 Å². The van der Waals surface area contributed by atoms with Gasteiger partial charge >= 0.3 is 0 Å².